The fourth-order valence-corrected chi connectivity index (χ4v) is 3.64. The van der Waals surface area contributed by atoms with Gasteiger partial charge in [0.1, 0.15) is 0 Å². The first kappa shape index (κ1) is 10.6. The van der Waals surface area contributed by atoms with Crippen LogP contribution in [0.1, 0.15) is 39.0 Å². The van der Waals surface area contributed by atoms with E-state index in [1.807, 2.05) is 0 Å². The third-order valence-electron chi connectivity index (χ3n) is 3.77. The molecule has 1 N–H and O–H groups in total. The summed E-state index contributed by atoms with van der Waals surface area (Å²) in [6, 6.07) is 0.644. The van der Waals surface area contributed by atoms with Crippen LogP contribution < -0.4 is 5.32 Å². The summed E-state index contributed by atoms with van der Waals surface area (Å²) in [5.74, 6) is 1.82. The molecular formula is C11H21NOS. The summed E-state index contributed by atoms with van der Waals surface area (Å²) in [7, 11) is -0.513. The van der Waals surface area contributed by atoms with E-state index in [2.05, 4.69) is 12.2 Å². The Balaban J connectivity index is 1.68. The largest absolute Gasteiger partial charge is 0.313 e. The van der Waals surface area contributed by atoms with Gasteiger partial charge in [0.2, 0.25) is 0 Å². The van der Waals surface area contributed by atoms with Gasteiger partial charge in [-0.15, -0.1) is 0 Å². The lowest BCUT2D eigenvalue weighted by Gasteiger charge is -2.40. The Kier molecular flexibility index (Phi) is 3.27. The predicted octanol–water partition coefficient (Wildman–Crippen LogP) is 1.68. The average molecular weight is 215 g/mol. The van der Waals surface area contributed by atoms with E-state index in [1.54, 1.807) is 0 Å². The van der Waals surface area contributed by atoms with Crippen LogP contribution in [0, 0.1) is 5.41 Å². The maximum absolute atomic E-state index is 11.2. The lowest BCUT2D eigenvalue weighted by atomic mass is 9.70. The van der Waals surface area contributed by atoms with E-state index in [4.69, 9.17) is 0 Å². The molecule has 0 radical (unpaired) electrons. The van der Waals surface area contributed by atoms with Crippen LogP contribution in [-0.4, -0.2) is 28.3 Å². The lowest BCUT2D eigenvalue weighted by molar-refractivity contribution is 0.149. The van der Waals surface area contributed by atoms with Gasteiger partial charge in [-0.1, -0.05) is 13.3 Å². The van der Waals surface area contributed by atoms with E-state index in [0.29, 0.717) is 11.5 Å². The molecule has 0 atom stereocenters. The van der Waals surface area contributed by atoms with Crippen molar-refractivity contribution in [2.24, 2.45) is 5.41 Å². The fourth-order valence-electron chi connectivity index (χ4n) is 2.35. The molecule has 0 amide bonds. The van der Waals surface area contributed by atoms with Gasteiger partial charge >= 0.3 is 0 Å². The molecule has 1 aliphatic heterocycles. The van der Waals surface area contributed by atoms with E-state index in [-0.39, 0.29) is 0 Å². The van der Waals surface area contributed by atoms with Crippen molar-refractivity contribution in [2.75, 3.05) is 18.1 Å². The van der Waals surface area contributed by atoms with Gasteiger partial charge < -0.3 is 5.32 Å². The van der Waals surface area contributed by atoms with Crippen LogP contribution in [0.2, 0.25) is 0 Å². The van der Waals surface area contributed by atoms with Crippen molar-refractivity contribution in [2.45, 2.75) is 45.1 Å². The number of nitrogens with one attached hydrogen (secondary N) is 1. The van der Waals surface area contributed by atoms with Crippen LogP contribution in [0.25, 0.3) is 0 Å². The monoisotopic (exact) mass is 215 g/mol. The maximum Gasteiger partial charge on any atom is 0.0249 e. The number of hydrogen-bond donors (Lipinski definition) is 1. The highest BCUT2D eigenvalue weighted by Gasteiger charge is 2.32. The Labute approximate surface area is 89.3 Å². The summed E-state index contributed by atoms with van der Waals surface area (Å²) in [5.41, 5.74) is 0.580. The van der Waals surface area contributed by atoms with Crippen LogP contribution in [-0.2, 0) is 10.8 Å². The van der Waals surface area contributed by atoms with Gasteiger partial charge in [-0.05, 0) is 31.1 Å². The van der Waals surface area contributed by atoms with Crippen molar-refractivity contribution in [3.63, 3.8) is 0 Å². The van der Waals surface area contributed by atoms with Crippen molar-refractivity contribution in [1.29, 1.82) is 0 Å². The Morgan fingerprint density at radius 2 is 2.00 bits per heavy atom. The van der Waals surface area contributed by atoms with Crippen molar-refractivity contribution >= 4 is 10.8 Å². The molecule has 1 heterocycles. The number of rotatable bonds is 3. The van der Waals surface area contributed by atoms with Crippen LogP contribution in [0.4, 0.5) is 0 Å². The van der Waals surface area contributed by atoms with Crippen molar-refractivity contribution in [1.82, 2.24) is 5.32 Å². The molecule has 3 heteroatoms. The maximum atomic E-state index is 11.2. The first-order chi connectivity index (χ1) is 6.68. The zero-order chi connectivity index (χ0) is 10.0. The zero-order valence-electron chi connectivity index (χ0n) is 9.05. The molecule has 0 aromatic rings. The highest BCUT2D eigenvalue weighted by molar-refractivity contribution is 7.85. The summed E-state index contributed by atoms with van der Waals surface area (Å²) >= 11 is 0. The second kappa shape index (κ2) is 4.31. The lowest BCUT2D eigenvalue weighted by Crippen LogP contribution is -2.44. The summed E-state index contributed by atoms with van der Waals surface area (Å²) in [6.45, 7) is 3.55. The minimum Gasteiger partial charge on any atom is -0.313 e. The molecule has 0 spiro atoms. The molecule has 0 aromatic heterocycles. The van der Waals surface area contributed by atoms with Crippen molar-refractivity contribution < 1.29 is 4.21 Å². The normalized spacial score (nSPS) is 36.4. The molecule has 2 rings (SSSR count). The predicted molar refractivity (Wildman–Crippen MR) is 60.9 cm³/mol. The zero-order valence-corrected chi connectivity index (χ0v) is 9.87. The Hall–Kier alpha value is 0.110. The topological polar surface area (TPSA) is 29.1 Å². The first-order valence-corrected chi connectivity index (χ1v) is 7.25. The van der Waals surface area contributed by atoms with Gasteiger partial charge in [-0.25, -0.2) is 0 Å². The van der Waals surface area contributed by atoms with Gasteiger partial charge in [0.25, 0.3) is 0 Å². The second-order valence-corrected chi connectivity index (χ2v) is 6.86. The van der Waals surface area contributed by atoms with Gasteiger partial charge in [0.15, 0.2) is 0 Å². The Morgan fingerprint density at radius 3 is 2.50 bits per heavy atom. The molecule has 14 heavy (non-hydrogen) atoms. The van der Waals surface area contributed by atoms with Crippen molar-refractivity contribution in [3.8, 4) is 0 Å². The summed E-state index contributed by atoms with van der Waals surface area (Å²) in [4.78, 5) is 0. The smallest absolute Gasteiger partial charge is 0.0249 e. The van der Waals surface area contributed by atoms with Gasteiger partial charge in [0, 0.05) is 34.9 Å². The molecule has 0 unspecified atom stereocenters. The average Bonchev–Trinajstić information content (AvgIpc) is 2.14. The minimum absolute atomic E-state index is 0.513. The fraction of sp³-hybridized carbons (Fsp3) is 1.00. The van der Waals surface area contributed by atoms with Crippen LogP contribution in [0.3, 0.4) is 0 Å². The van der Waals surface area contributed by atoms with Crippen LogP contribution >= 0.6 is 0 Å². The molecule has 2 fully saturated rings. The van der Waals surface area contributed by atoms with Crippen molar-refractivity contribution in [3.05, 3.63) is 0 Å². The second-order valence-electron chi connectivity index (χ2n) is 5.17. The summed E-state index contributed by atoms with van der Waals surface area (Å²) in [6.07, 6.45) is 6.41. The van der Waals surface area contributed by atoms with Crippen LogP contribution in [0.5, 0.6) is 0 Å². The van der Waals surface area contributed by atoms with E-state index < -0.39 is 10.8 Å². The van der Waals surface area contributed by atoms with E-state index in [0.717, 1.165) is 24.3 Å². The van der Waals surface area contributed by atoms with Gasteiger partial charge in [-0.3, -0.25) is 4.21 Å². The van der Waals surface area contributed by atoms with Gasteiger partial charge in [-0.2, -0.15) is 0 Å². The third-order valence-corrected chi connectivity index (χ3v) is 5.15. The SMILES string of the molecule is CC1(CNC2CCS(=O)CC2)CCC1. The molecule has 0 bridgehead atoms. The molecule has 2 aliphatic rings. The standard InChI is InChI=1S/C11H21NOS/c1-11(5-2-6-11)9-12-10-3-7-14(13)8-4-10/h10,12H,2-9H2,1H3. The molecular weight excluding hydrogens is 194 g/mol. The van der Waals surface area contributed by atoms with E-state index >= 15 is 0 Å². The molecule has 1 aliphatic carbocycles. The quantitative estimate of drug-likeness (QED) is 0.776. The summed E-state index contributed by atoms with van der Waals surface area (Å²) in [5, 5.41) is 3.65. The molecule has 1 saturated carbocycles. The minimum atomic E-state index is -0.513. The highest BCUT2D eigenvalue weighted by Crippen LogP contribution is 2.39. The highest BCUT2D eigenvalue weighted by atomic mass is 32.2. The summed E-state index contributed by atoms with van der Waals surface area (Å²) < 4.78 is 11.2. The molecule has 82 valence electrons. The molecule has 0 aromatic carbocycles. The Bertz CT molecular complexity index is 215. The molecule has 2 nitrogen and oxygen atoms in total. The third kappa shape index (κ3) is 2.57. The first-order valence-electron chi connectivity index (χ1n) is 5.76. The van der Waals surface area contributed by atoms with Crippen LogP contribution in [0.15, 0.2) is 0 Å². The van der Waals surface area contributed by atoms with E-state index in [9.17, 15) is 4.21 Å². The Morgan fingerprint density at radius 1 is 1.36 bits per heavy atom. The number of hydrogen-bond acceptors (Lipinski definition) is 2. The van der Waals surface area contributed by atoms with Gasteiger partial charge in [0.05, 0.1) is 0 Å². The molecule has 1 saturated heterocycles. The van der Waals surface area contributed by atoms with E-state index in [1.165, 1.54) is 25.8 Å².